The van der Waals surface area contributed by atoms with Gasteiger partial charge in [0.2, 0.25) is 0 Å². The van der Waals surface area contributed by atoms with Crippen LogP contribution in [0.3, 0.4) is 0 Å². The van der Waals surface area contributed by atoms with E-state index in [0.717, 1.165) is 17.8 Å². The Labute approximate surface area is 131 Å². The molecule has 3 aromatic rings. The first-order valence-corrected chi connectivity index (χ1v) is 7.60. The van der Waals surface area contributed by atoms with Gasteiger partial charge in [0.25, 0.3) is 0 Å². The van der Waals surface area contributed by atoms with E-state index in [1.54, 1.807) is 0 Å². The highest BCUT2D eigenvalue weighted by Crippen LogP contribution is 2.24. The van der Waals surface area contributed by atoms with Gasteiger partial charge in [-0.05, 0) is 36.1 Å². The van der Waals surface area contributed by atoms with Crippen LogP contribution in [-0.2, 0) is 6.42 Å². The van der Waals surface area contributed by atoms with Crippen molar-refractivity contribution in [3.63, 3.8) is 0 Å². The van der Waals surface area contributed by atoms with Crippen LogP contribution in [0.4, 0.5) is 5.82 Å². The fourth-order valence-corrected chi connectivity index (χ4v) is 2.59. The molecule has 1 N–H and O–H groups in total. The van der Waals surface area contributed by atoms with Crippen molar-refractivity contribution in [3.05, 3.63) is 95.7 Å². The van der Waals surface area contributed by atoms with Crippen LogP contribution in [0, 0.1) is 6.92 Å². The molecule has 0 saturated heterocycles. The Morgan fingerprint density at radius 2 is 1.55 bits per heavy atom. The van der Waals surface area contributed by atoms with Crippen LogP contribution in [0.1, 0.15) is 22.7 Å². The zero-order chi connectivity index (χ0) is 15.2. The van der Waals surface area contributed by atoms with Crippen LogP contribution >= 0.6 is 0 Å². The number of aryl methyl sites for hydroxylation is 1. The predicted molar refractivity (Wildman–Crippen MR) is 91.9 cm³/mol. The maximum absolute atomic E-state index is 4.47. The van der Waals surface area contributed by atoms with Crippen molar-refractivity contribution < 1.29 is 0 Å². The van der Waals surface area contributed by atoms with E-state index in [-0.39, 0.29) is 6.04 Å². The topological polar surface area (TPSA) is 24.9 Å². The Hall–Kier alpha value is -2.61. The van der Waals surface area contributed by atoms with Gasteiger partial charge in [-0.1, -0.05) is 66.7 Å². The first-order chi connectivity index (χ1) is 10.8. The van der Waals surface area contributed by atoms with Crippen LogP contribution < -0.4 is 5.32 Å². The minimum atomic E-state index is 0.206. The first-order valence-electron chi connectivity index (χ1n) is 7.60. The molecule has 2 heteroatoms. The van der Waals surface area contributed by atoms with E-state index in [4.69, 9.17) is 0 Å². The second kappa shape index (κ2) is 6.90. The van der Waals surface area contributed by atoms with Crippen molar-refractivity contribution in [2.75, 3.05) is 5.32 Å². The highest BCUT2D eigenvalue weighted by atomic mass is 15.0. The average molecular weight is 288 g/mol. The maximum Gasteiger partial charge on any atom is 0.129 e. The van der Waals surface area contributed by atoms with Crippen molar-refractivity contribution in [1.82, 2.24) is 4.98 Å². The summed E-state index contributed by atoms with van der Waals surface area (Å²) in [5.74, 6) is 0.951. The summed E-state index contributed by atoms with van der Waals surface area (Å²) in [5, 5.41) is 3.60. The van der Waals surface area contributed by atoms with E-state index in [1.807, 2.05) is 12.3 Å². The van der Waals surface area contributed by atoms with Gasteiger partial charge < -0.3 is 5.32 Å². The SMILES string of the molecule is Cc1cccnc1NC(Cc1ccccc1)c1ccccc1. The normalized spacial score (nSPS) is 11.9. The predicted octanol–water partition coefficient (Wildman–Crippen LogP) is 4.79. The van der Waals surface area contributed by atoms with Crippen LogP contribution in [0.15, 0.2) is 79.0 Å². The highest BCUT2D eigenvalue weighted by molar-refractivity contribution is 5.45. The molecule has 1 heterocycles. The number of benzene rings is 2. The van der Waals surface area contributed by atoms with Crippen molar-refractivity contribution in [1.29, 1.82) is 0 Å². The van der Waals surface area contributed by atoms with Gasteiger partial charge >= 0.3 is 0 Å². The summed E-state index contributed by atoms with van der Waals surface area (Å²) >= 11 is 0. The zero-order valence-corrected chi connectivity index (χ0v) is 12.7. The Bertz CT molecular complexity index is 708. The number of nitrogens with zero attached hydrogens (tertiary/aromatic N) is 1. The van der Waals surface area contributed by atoms with E-state index in [0.29, 0.717) is 0 Å². The number of pyridine rings is 1. The number of aromatic nitrogens is 1. The second-order valence-corrected chi connectivity index (χ2v) is 5.47. The van der Waals surface area contributed by atoms with E-state index in [1.165, 1.54) is 11.1 Å². The Balaban J connectivity index is 1.88. The van der Waals surface area contributed by atoms with Gasteiger partial charge in [0.1, 0.15) is 5.82 Å². The molecule has 22 heavy (non-hydrogen) atoms. The number of nitrogens with one attached hydrogen (secondary N) is 1. The third-order valence-corrected chi connectivity index (χ3v) is 3.80. The van der Waals surface area contributed by atoms with Crippen LogP contribution in [0.2, 0.25) is 0 Å². The molecule has 0 saturated carbocycles. The number of hydrogen-bond donors (Lipinski definition) is 1. The molecule has 1 unspecified atom stereocenters. The standard InChI is InChI=1S/C20H20N2/c1-16-9-8-14-21-20(16)22-19(18-12-6-3-7-13-18)15-17-10-4-2-5-11-17/h2-14,19H,15H2,1H3,(H,21,22). The van der Waals surface area contributed by atoms with Gasteiger partial charge in [0.05, 0.1) is 6.04 Å². The molecule has 0 bridgehead atoms. The molecule has 0 spiro atoms. The molecule has 0 radical (unpaired) electrons. The summed E-state index contributed by atoms with van der Waals surface area (Å²) in [6.45, 7) is 2.08. The second-order valence-electron chi connectivity index (χ2n) is 5.47. The number of rotatable bonds is 5. The molecule has 1 aromatic heterocycles. The average Bonchev–Trinajstić information content (AvgIpc) is 2.58. The lowest BCUT2D eigenvalue weighted by molar-refractivity contribution is 0.768. The molecule has 1 atom stereocenters. The highest BCUT2D eigenvalue weighted by Gasteiger charge is 2.13. The van der Waals surface area contributed by atoms with Gasteiger partial charge in [0.15, 0.2) is 0 Å². The van der Waals surface area contributed by atoms with Crippen molar-refractivity contribution in [3.8, 4) is 0 Å². The third kappa shape index (κ3) is 3.53. The van der Waals surface area contributed by atoms with Crippen LogP contribution in [-0.4, -0.2) is 4.98 Å². The number of anilines is 1. The van der Waals surface area contributed by atoms with E-state index in [9.17, 15) is 0 Å². The molecule has 2 aromatic carbocycles. The minimum Gasteiger partial charge on any atom is -0.363 e. The lowest BCUT2D eigenvalue weighted by atomic mass is 9.98. The fourth-order valence-electron chi connectivity index (χ4n) is 2.59. The van der Waals surface area contributed by atoms with Gasteiger partial charge in [-0.3, -0.25) is 0 Å². The molecule has 0 amide bonds. The van der Waals surface area contributed by atoms with Gasteiger partial charge in [0, 0.05) is 6.20 Å². The molecule has 2 nitrogen and oxygen atoms in total. The molecule has 0 fully saturated rings. The summed E-state index contributed by atoms with van der Waals surface area (Å²) in [6, 6.07) is 25.4. The van der Waals surface area contributed by atoms with Gasteiger partial charge in [-0.2, -0.15) is 0 Å². The van der Waals surface area contributed by atoms with Crippen molar-refractivity contribution in [2.24, 2.45) is 0 Å². The summed E-state index contributed by atoms with van der Waals surface area (Å²) in [7, 11) is 0. The Kier molecular flexibility index (Phi) is 4.50. The summed E-state index contributed by atoms with van der Waals surface area (Å²) in [4.78, 5) is 4.47. The third-order valence-electron chi connectivity index (χ3n) is 3.80. The van der Waals surface area contributed by atoms with E-state index in [2.05, 4.69) is 84.0 Å². The molecular weight excluding hydrogens is 268 g/mol. The zero-order valence-electron chi connectivity index (χ0n) is 12.7. The molecular formula is C20H20N2. The van der Waals surface area contributed by atoms with Crippen LogP contribution in [0.25, 0.3) is 0 Å². The Morgan fingerprint density at radius 3 is 2.23 bits per heavy atom. The summed E-state index contributed by atoms with van der Waals surface area (Å²) in [5.41, 5.74) is 3.75. The van der Waals surface area contributed by atoms with Gasteiger partial charge in [-0.25, -0.2) is 4.98 Å². The van der Waals surface area contributed by atoms with Crippen molar-refractivity contribution in [2.45, 2.75) is 19.4 Å². The fraction of sp³-hybridized carbons (Fsp3) is 0.150. The summed E-state index contributed by atoms with van der Waals surface area (Å²) < 4.78 is 0. The van der Waals surface area contributed by atoms with Crippen molar-refractivity contribution >= 4 is 5.82 Å². The summed E-state index contributed by atoms with van der Waals surface area (Å²) in [6.07, 6.45) is 2.76. The molecule has 0 aliphatic carbocycles. The lowest BCUT2D eigenvalue weighted by Gasteiger charge is -2.21. The minimum absolute atomic E-state index is 0.206. The molecule has 0 aliphatic rings. The monoisotopic (exact) mass is 288 g/mol. The number of hydrogen-bond acceptors (Lipinski definition) is 2. The smallest absolute Gasteiger partial charge is 0.129 e. The van der Waals surface area contributed by atoms with Gasteiger partial charge in [-0.15, -0.1) is 0 Å². The van der Waals surface area contributed by atoms with Crippen LogP contribution in [0.5, 0.6) is 0 Å². The van der Waals surface area contributed by atoms with E-state index >= 15 is 0 Å². The largest absolute Gasteiger partial charge is 0.363 e. The Morgan fingerprint density at radius 1 is 0.864 bits per heavy atom. The molecule has 3 rings (SSSR count). The maximum atomic E-state index is 4.47. The quantitative estimate of drug-likeness (QED) is 0.730. The molecule has 110 valence electrons. The lowest BCUT2D eigenvalue weighted by Crippen LogP contribution is -2.15. The molecule has 0 aliphatic heterocycles. The first kappa shape index (κ1) is 14.3. The van der Waals surface area contributed by atoms with E-state index < -0.39 is 0 Å².